The van der Waals surface area contributed by atoms with Crippen LogP contribution in [0.1, 0.15) is 48.5 Å². The SMILES string of the molecule is CC(=O)OC[C@H]1O[C@@H](OC2C=C(C)[C@H](O)[C@H](O)[C@H]2C(C)C)[C@H](OC(C)=O)[C@@H](OC(C)=O)[C@@H]1OC(C)=O. The summed E-state index contributed by atoms with van der Waals surface area (Å²) in [6, 6.07) is 0. The first-order chi connectivity index (χ1) is 16.7. The predicted molar refractivity (Wildman–Crippen MR) is 121 cm³/mol. The number of hydrogen-bond donors (Lipinski definition) is 2. The summed E-state index contributed by atoms with van der Waals surface area (Å²) < 4.78 is 33.4. The first-order valence-corrected chi connectivity index (χ1v) is 11.7. The van der Waals surface area contributed by atoms with Gasteiger partial charge >= 0.3 is 23.9 Å². The first kappa shape index (κ1) is 29.7. The van der Waals surface area contributed by atoms with Crippen LogP contribution in [0, 0.1) is 11.8 Å². The lowest BCUT2D eigenvalue weighted by Crippen LogP contribution is -2.64. The Hall–Kier alpha value is -2.54. The Kier molecular flexibility index (Phi) is 10.4. The molecule has 2 N–H and O–H groups in total. The van der Waals surface area contributed by atoms with E-state index < -0.39 is 78.8 Å². The normalized spacial score (nSPS) is 34.4. The molecule has 0 aromatic rings. The number of hydrogen-bond acceptors (Lipinski definition) is 12. The summed E-state index contributed by atoms with van der Waals surface area (Å²) in [7, 11) is 0. The van der Waals surface area contributed by atoms with Crippen molar-refractivity contribution >= 4 is 23.9 Å². The lowest BCUT2D eigenvalue weighted by Gasteiger charge is -2.46. The molecular weight excluding hydrogens is 480 g/mol. The predicted octanol–water partition coefficient (Wildman–Crippen LogP) is 0.409. The van der Waals surface area contributed by atoms with Crippen molar-refractivity contribution < 1.29 is 57.8 Å². The standard InChI is InChI=1S/C24H36O12/c1-10(2)18-16(8-11(3)19(29)20(18)30)35-24-23(34-15(7)28)22(33-14(6)27)21(32-13(5)26)17(36-24)9-31-12(4)25/h8,10,16-24,29-30H,9H2,1-7H3/t16?,17-,18+,19+,20-,21-,22+,23-,24-/m1/s1. The van der Waals surface area contributed by atoms with Crippen molar-refractivity contribution in [3.8, 4) is 0 Å². The first-order valence-electron chi connectivity index (χ1n) is 11.7. The van der Waals surface area contributed by atoms with Gasteiger partial charge in [-0.25, -0.2) is 0 Å². The number of carbonyl (C=O) groups excluding carboxylic acids is 4. The summed E-state index contributed by atoms with van der Waals surface area (Å²) in [5.41, 5.74) is 0.468. The average Bonchev–Trinajstić information content (AvgIpc) is 2.73. The van der Waals surface area contributed by atoms with Gasteiger partial charge in [0.25, 0.3) is 0 Å². The molecule has 1 unspecified atom stereocenters. The minimum absolute atomic E-state index is 0.144. The fourth-order valence-electron chi connectivity index (χ4n) is 4.50. The van der Waals surface area contributed by atoms with Crippen LogP contribution in [-0.2, 0) is 47.6 Å². The third-order valence-electron chi connectivity index (χ3n) is 6.00. The molecular formula is C24H36O12. The van der Waals surface area contributed by atoms with Crippen molar-refractivity contribution in [1.29, 1.82) is 0 Å². The van der Waals surface area contributed by atoms with E-state index in [2.05, 4.69) is 0 Å². The van der Waals surface area contributed by atoms with E-state index in [4.69, 9.17) is 28.4 Å². The van der Waals surface area contributed by atoms with E-state index in [-0.39, 0.29) is 12.5 Å². The molecule has 0 spiro atoms. The number of ether oxygens (including phenoxy) is 6. The highest BCUT2D eigenvalue weighted by atomic mass is 16.7. The Morgan fingerprint density at radius 2 is 1.42 bits per heavy atom. The Bertz CT molecular complexity index is 852. The van der Waals surface area contributed by atoms with E-state index in [0.29, 0.717) is 5.57 Å². The topological polar surface area (TPSA) is 164 Å². The van der Waals surface area contributed by atoms with Crippen molar-refractivity contribution in [3.05, 3.63) is 11.6 Å². The molecule has 1 saturated heterocycles. The highest BCUT2D eigenvalue weighted by Crippen LogP contribution is 2.36. The van der Waals surface area contributed by atoms with Gasteiger partial charge in [0.2, 0.25) is 0 Å². The molecule has 1 aliphatic heterocycles. The average molecular weight is 517 g/mol. The fourth-order valence-corrected chi connectivity index (χ4v) is 4.50. The minimum atomic E-state index is -1.39. The van der Waals surface area contributed by atoms with Crippen LogP contribution in [0.5, 0.6) is 0 Å². The number of rotatable bonds is 8. The van der Waals surface area contributed by atoms with Crippen LogP contribution in [-0.4, -0.2) is 89.7 Å². The summed E-state index contributed by atoms with van der Waals surface area (Å²) in [4.78, 5) is 47.3. The van der Waals surface area contributed by atoms with Crippen LogP contribution in [0.2, 0.25) is 0 Å². The Morgan fingerprint density at radius 1 is 0.889 bits per heavy atom. The highest BCUT2D eigenvalue weighted by molar-refractivity contribution is 5.68. The van der Waals surface area contributed by atoms with E-state index in [1.54, 1.807) is 13.0 Å². The van der Waals surface area contributed by atoms with Gasteiger partial charge in [-0.1, -0.05) is 19.9 Å². The van der Waals surface area contributed by atoms with Crippen LogP contribution >= 0.6 is 0 Å². The molecule has 0 aromatic carbocycles. The van der Waals surface area contributed by atoms with Gasteiger partial charge in [0.05, 0.1) is 12.2 Å². The van der Waals surface area contributed by atoms with E-state index in [9.17, 15) is 29.4 Å². The maximum Gasteiger partial charge on any atom is 0.303 e. The molecule has 12 heteroatoms. The molecule has 36 heavy (non-hydrogen) atoms. The highest BCUT2D eigenvalue weighted by Gasteiger charge is 2.54. The lowest BCUT2D eigenvalue weighted by atomic mass is 9.77. The van der Waals surface area contributed by atoms with Crippen molar-refractivity contribution in [1.82, 2.24) is 0 Å². The van der Waals surface area contributed by atoms with Gasteiger partial charge in [-0.2, -0.15) is 0 Å². The van der Waals surface area contributed by atoms with Crippen LogP contribution in [0.15, 0.2) is 11.6 Å². The Labute approximate surface area is 209 Å². The Balaban J connectivity index is 2.52. The molecule has 0 aromatic heterocycles. The molecule has 0 bridgehead atoms. The van der Waals surface area contributed by atoms with Gasteiger partial charge in [0, 0.05) is 33.6 Å². The summed E-state index contributed by atoms with van der Waals surface area (Å²) >= 11 is 0. The van der Waals surface area contributed by atoms with Crippen LogP contribution in [0.4, 0.5) is 0 Å². The van der Waals surface area contributed by atoms with Gasteiger partial charge in [0.1, 0.15) is 18.8 Å². The molecule has 1 fully saturated rings. The van der Waals surface area contributed by atoms with Crippen molar-refractivity contribution in [2.75, 3.05) is 6.61 Å². The summed E-state index contributed by atoms with van der Waals surface area (Å²) in [6.07, 6.45) is -7.99. The third-order valence-corrected chi connectivity index (χ3v) is 6.00. The zero-order valence-corrected chi connectivity index (χ0v) is 21.5. The minimum Gasteiger partial charge on any atom is -0.463 e. The maximum absolute atomic E-state index is 12.0. The van der Waals surface area contributed by atoms with Crippen LogP contribution < -0.4 is 0 Å². The molecule has 9 atom stereocenters. The summed E-state index contributed by atoms with van der Waals surface area (Å²) in [6.45, 7) is 9.51. The summed E-state index contributed by atoms with van der Waals surface area (Å²) in [5, 5.41) is 21.1. The molecule has 1 heterocycles. The second-order valence-electron chi connectivity index (χ2n) is 9.34. The molecule has 0 amide bonds. The largest absolute Gasteiger partial charge is 0.463 e. The van der Waals surface area contributed by atoms with E-state index in [0.717, 1.165) is 20.8 Å². The van der Waals surface area contributed by atoms with Crippen LogP contribution in [0.25, 0.3) is 0 Å². The van der Waals surface area contributed by atoms with Gasteiger partial charge in [-0.15, -0.1) is 0 Å². The number of carbonyl (C=O) groups is 4. The van der Waals surface area contributed by atoms with E-state index in [1.165, 1.54) is 6.92 Å². The molecule has 2 aliphatic rings. The van der Waals surface area contributed by atoms with Gasteiger partial charge in [0.15, 0.2) is 24.6 Å². The van der Waals surface area contributed by atoms with Crippen molar-refractivity contribution in [2.45, 2.75) is 97.5 Å². The van der Waals surface area contributed by atoms with E-state index in [1.807, 2.05) is 13.8 Å². The molecule has 2 rings (SSSR count). The zero-order chi connectivity index (χ0) is 27.3. The number of aliphatic hydroxyl groups excluding tert-OH is 2. The molecule has 0 saturated carbocycles. The lowest BCUT2D eigenvalue weighted by molar-refractivity contribution is -0.319. The molecule has 204 valence electrons. The molecule has 12 nitrogen and oxygen atoms in total. The quantitative estimate of drug-likeness (QED) is 0.260. The smallest absolute Gasteiger partial charge is 0.303 e. The molecule has 1 aliphatic carbocycles. The zero-order valence-electron chi connectivity index (χ0n) is 21.5. The fraction of sp³-hybridized carbons (Fsp3) is 0.750. The van der Waals surface area contributed by atoms with E-state index >= 15 is 0 Å². The molecule has 0 radical (unpaired) electrons. The summed E-state index contributed by atoms with van der Waals surface area (Å²) in [5.74, 6) is -3.59. The van der Waals surface area contributed by atoms with Crippen molar-refractivity contribution in [2.24, 2.45) is 11.8 Å². The van der Waals surface area contributed by atoms with Crippen molar-refractivity contribution in [3.63, 3.8) is 0 Å². The number of esters is 4. The van der Waals surface area contributed by atoms with Crippen LogP contribution in [0.3, 0.4) is 0 Å². The monoisotopic (exact) mass is 516 g/mol. The Morgan fingerprint density at radius 3 is 1.92 bits per heavy atom. The van der Waals surface area contributed by atoms with Gasteiger partial charge in [-0.3, -0.25) is 19.2 Å². The second-order valence-corrected chi connectivity index (χ2v) is 9.34. The maximum atomic E-state index is 12.0. The number of aliphatic hydroxyl groups is 2. The van der Waals surface area contributed by atoms with Gasteiger partial charge < -0.3 is 38.6 Å². The van der Waals surface area contributed by atoms with Gasteiger partial charge in [-0.05, 0) is 18.4 Å². The second kappa shape index (κ2) is 12.6. The third kappa shape index (κ3) is 7.48.